The zero-order valence-electron chi connectivity index (χ0n) is 14.4. The number of carbonyl (C=O) groups excluding carboxylic acids is 1. The van der Waals surface area contributed by atoms with E-state index in [4.69, 9.17) is 4.74 Å². The summed E-state index contributed by atoms with van der Waals surface area (Å²) in [5.74, 6) is 0.534. The summed E-state index contributed by atoms with van der Waals surface area (Å²) in [4.78, 5) is 21.7. The number of amides is 1. The van der Waals surface area contributed by atoms with Crippen LogP contribution in [0.15, 0.2) is 42.6 Å². The van der Waals surface area contributed by atoms with Crippen LogP contribution in [0.2, 0.25) is 0 Å². The minimum absolute atomic E-state index is 0.151. The normalized spacial score (nSPS) is 10.5. The zero-order chi connectivity index (χ0) is 17.8. The van der Waals surface area contributed by atoms with Crippen LogP contribution in [-0.4, -0.2) is 15.9 Å². The quantitative estimate of drug-likeness (QED) is 0.743. The Hall–Kier alpha value is -2.73. The van der Waals surface area contributed by atoms with Gasteiger partial charge in [-0.1, -0.05) is 17.7 Å². The van der Waals surface area contributed by atoms with Crippen LogP contribution in [0.1, 0.15) is 31.6 Å². The number of hydrogen-bond acceptors (Lipinski definition) is 5. The Morgan fingerprint density at radius 2 is 1.88 bits per heavy atom. The Morgan fingerprint density at radius 1 is 1.12 bits per heavy atom. The van der Waals surface area contributed by atoms with E-state index in [1.54, 1.807) is 6.20 Å². The number of aromatic nitrogens is 2. The maximum Gasteiger partial charge on any atom is 0.267 e. The maximum atomic E-state index is 12.5. The van der Waals surface area contributed by atoms with E-state index in [1.165, 1.54) is 11.3 Å². The molecular weight excluding hydrogens is 334 g/mol. The lowest BCUT2D eigenvalue weighted by atomic mass is 10.2. The SMILES string of the molecule is Cc1ccc(NC(=O)c2sc(COc3ccc(C)nc3)nc2C)cc1. The minimum atomic E-state index is -0.151. The highest BCUT2D eigenvalue weighted by atomic mass is 32.1. The lowest BCUT2D eigenvalue weighted by Crippen LogP contribution is -2.11. The van der Waals surface area contributed by atoms with Crippen molar-refractivity contribution in [2.24, 2.45) is 0 Å². The Morgan fingerprint density at radius 3 is 2.56 bits per heavy atom. The molecule has 128 valence electrons. The highest BCUT2D eigenvalue weighted by Gasteiger charge is 2.16. The Balaban J connectivity index is 1.65. The fraction of sp³-hybridized carbons (Fsp3) is 0.211. The van der Waals surface area contributed by atoms with Gasteiger partial charge in [-0.05, 0) is 45.0 Å². The molecule has 0 radical (unpaired) electrons. The van der Waals surface area contributed by atoms with E-state index in [-0.39, 0.29) is 5.91 Å². The molecule has 0 saturated carbocycles. The third-order valence-corrected chi connectivity index (χ3v) is 4.73. The molecular formula is C19H19N3O2S. The molecule has 2 heterocycles. The zero-order valence-corrected chi connectivity index (χ0v) is 15.2. The fourth-order valence-corrected chi connectivity index (χ4v) is 3.11. The fourth-order valence-electron chi connectivity index (χ4n) is 2.23. The average Bonchev–Trinajstić information content (AvgIpc) is 2.97. The average molecular weight is 353 g/mol. The third-order valence-electron chi connectivity index (χ3n) is 3.60. The molecule has 0 aliphatic rings. The van der Waals surface area contributed by atoms with E-state index >= 15 is 0 Å². The monoisotopic (exact) mass is 353 g/mol. The molecule has 0 atom stereocenters. The van der Waals surface area contributed by atoms with Gasteiger partial charge >= 0.3 is 0 Å². The van der Waals surface area contributed by atoms with Gasteiger partial charge in [0.2, 0.25) is 0 Å². The number of ether oxygens (including phenoxy) is 1. The van der Waals surface area contributed by atoms with Crippen LogP contribution in [0.5, 0.6) is 5.75 Å². The van der Waals surface area contributed by atoms with Crippen molar-refractivity contribution in [1.82, 2.24) is 9.97 Å². The molecule has 6 heteroatoms. The first-order chi connectivity index (χ1) is 12.0. The summed E-state index contributed by atoms with van der Waals surface area (Å²) in [7, 11) is 0. The number of nitrogens with one attached hydrogen (secondary N) is 1. The summed E-state index contributed by atoms with van der Waals surface area (Å²) in [6.07, 6.45) is 1.68. The smallest absolute Gasteiger partial charge is 0.267 e. The van der Waals surface area contributed by atoms with Crippen LogP contribution < -0.4 is 10.1 Å². The van der Waals surface area contributed by atoms with E-state index in [0.717, 1.165) is 22.0 Å². The number of rotatable bonds is 5. The number of thiazole rings is 1. The summed E-state index contributed by atoms with van der Waals surface area (Å²) in [6, 6.07) is 11.5. The summed E-state index contributed by atoms with van der Waals surface area (Å²) >= 11 is 1.34. The number of carbonyl (C=O) groups is 1. The lowest BCUT2D eigenvalue weighted by molar-refractivity contribution is 0.103. The molecule has 3 aromatic rings. The topological polar surface area (TPSA) is 64.1 Å². The molecule has 0 saturated heterocycles. The first kappa shape index (κ1) is 17.1. The number of pyridine rings is 1. The second-order valence-electron chi connectivity index (χ2n) is 5.77. The van der Waals surface area contributed by atoms with E-state index in [1.807, 2.05) is 57.2 Å². The first-order valence-electron chi connectivity index (χ1n) is 7.91. The van der Waals surface area contributed by atoms with Crippen molar-refractivity contribution in [1.29, 1.82) is 0 Å². The van der Waals surface area contributed by atoms with Crippen molar-refractivity contribution >= 4 is 22.9 Å². The minimum Gasteiger partial charge on any atom is -0.485 e. The van der Waals surface area contributed by atoms with Gasteiger partial charge in [0.25, 0.3) is 5.91 Å². The maximum absolute atomic E-state index is 12.5. The largest absolute Gasteiger partial charge is 0.485 e. The van der Waals surface area contributed by atoms with Crippen molar-refractivity contribution in [2.45, 2.75) is 27.4 Å². The number of nitrogens with zero attached hydrogens (tertiary/aromatic N) is 2. The molecule has 3 rings (SSSR count). The lowest BCUT2D eigenvalue weighted by Gasteiger charge is -2.04. The standard InChI is InChI=1S/C19H19N3O2S/c1-12-4-7-15(8-5-12)22-19(23)18-14(3)21-17(25-18)11-24-16-9-6-13(2)20-10-16/h4-10H,11H2,1-3H3,(H,22,23). The van der Waals surface area contributed by atoms with Crippen molar-refractivity contribution in [2.75, 3.05) is 5.32 Å². The molecule has 0 aliphatic carbocycles. The Labute approximate surface area is 150 Å². The highest BCUT2D eigenvalue weighted by Crippen LogP contribution is 2.21. The van der Waals surface area contributed by atoms with Gasteiger partial charge < -0.3 is 10.1 Å². The Kier molecular flexibility index (Phi) is 5.09. The molecule has 1 N–H and O–H groups in total. The van der Waals surface area contributed by atoms with Gasteiger partial charge in [0.15, 0.2) is 0 Å². The van der Waals surface area contributed by atoms with E-state index < -0.39 is 0 Å². The summed E-state index contributed by atoms with van der Waals surface area (Å²) in [5.41, 5.74) is 3.56. The van der Waals surface area contributed by atoms with E-state index in [2.05, 4.69) is 15.3 Å². The predicted octanol–water partition coefficient (Wildman–Crippen LogP) is 4.29. The van der Waals surface area contributed by atoms with Crippen LogP contribution in [0.4, 0.5) is 5.69 Å². The van der Waals surface area contributed by atoms with Gasteiger partial charge in [0, 0.05) is 11.4 Å². The summed E-state index contributed by atoms with van der Waals surface area (Å²) in [6.45, 7) is 6.08. The van der Waals surface area contributed by atoms with E-state index in [0.29, 0.717) is 22.9 Å². The molecule has 0 aliphatic heterocycles. The Bertz CT molecular complexity index is 871. The first-order valence-corrected chi connectivity index (χ1v) is 8.72. The molecule has 0 spiro atoms. The van der Waals surface area contributed by atoms with Gasteiger partial charge in [0.05, 0.1) is 11.9 Å². The van der Waals surface area contributed by atoms with Gasteiger partial charge in [-0.3, -0.25) is 9.78 Å². The second-order valence-corrected chi connectivity index (χ2v) is 6.85. The number of benzene rings is 1. The van der Waals surface area contributed by atoms with Crippen LogP contribution in [0, 0.1) is 20.8 Å². The van der Waals surface area contributed by atoms with Crippen LogP contribution in [0.25, 0.3) is 0 Å². The molecule has 5 nitrogen and oxygen atoms in total. The van der Waals surface area contributed by atoms with Crippen LogP contribution in [0.3, 0.4) is 0 Å². The summed E-state index contributed by atoms with van der Waals surface area (Å²) in [5, 5.41) is 3.66. The van der Waals surface area contributed by atoms with Gasteiger partial charge in [-0.25, -0.2) is 4.98 Å². The molecule has 0 unspecified atom stereocenters. The molecule has 25 heavy (non-hydrogen) atoms. The van der Waals surface area contributed by atoms with Crippen LogP contribution in [-0.2, 0) is 6.61 Å². The highest BCUT2D eigenvalue weighted by molar-refractivity contribution is 7.13. The van der Waals surface area contributed by atoms with Gasteiger partial charge in [-0.15, -0.1) is 11.3 Å². The van der Waals surface area contributed by atoms with Gasteiger partial charge in [-0.2, -0.15) is 0 Å². The molecule has 1 amide bonds. The van der Waals surface area contributed by atoms with Crippen LogP contribution >= 0.6 is 11.3 Å². The van der Waals surface area contributed by atoms with Crippen molar-refractivity contribution in [3.8, 4) is 5.75 Å². The molecule has 0 bridgehead atoms. The van der Waals surface area contributed by atoms with Crippen molar-refractivity contribution in [3.63, 3.8) is 0 Å². The molecule has 0 fully saturated rings. The van der Waals surface area contributed by atoms with Gasteiger partial charge in [0.1, 0.15) is 22.2 Å². The third kappa shape index (κ3) is 4.42. The number of hydrogen-bond donors (Lipinski definition) is 1. The molecule has 1 aromatic carbocycles. The number of aryl methyl sites for hydroxylation is 3. The van der Waals surface area contributed by atoms with Crippen molar-refractivity contribution in [3.05, 3.63) is 69.4 Å². The second kappa shape index (κ2) is 7.44. The predicted molar refractivity (Wildman–Crippen MR) is 99.3 cm³/mol. The summed E-state index contributed by atoms with van der Waals surface area (Å²) < 4.78 is 5.68. The molecule has 2 aromatic heterocycles. The number of anilines is 1. The van der Waals surface area contributed by atoms with E-state index in [9.17, 15) is 4.79 Å². The van der Waals surface area contributed by atoms with Crippen molar-refractivity contribution < 1.29 is 9.53 Å².